The number of aromatic nitrogens is 4. The molecule has 2 fully saturated rings. The third-order valence-electron chi connectivity index (χ3n) is 5.58. The van der Waals surface area contributed by atoms with Crippen molar-refractivity contribution >= 4 is 11.9 Å². The minimum Gasteiger partial charge on any atom is -0.492 e. The molecule has 4 heterocycles. The first-order chi connectivity index (χ1) is 15.4. The van der Waals surface area contributed by atoms with Crippen molar-refractivity contribution in [1.82, 2.24) is 30.0 Å². The van der Waals surface area contributed by atoms with E-state index in [1.807, 2.05) is 0 Å². The predicted molar refractivity (Wildman–Crippen MR) is 106 cm³/mol. The molecule has 32 heavy (non-hydrogen) atoms. The van der Waals surface area contributed by atoms with Crippen LogP contribution >= 0.6 is 0 Å². The van der Waals surface area contributed by atoms with Crippen LogP contribution in [0.25, 0.3) is 11.3 Å². The van der Waals surface area contributed by atoms with Crippen molar-refractivity contribution in [3.05, 3.63) is 18.1 Å². The van der Waals surface area contributed by atoms with Crippen LogP contribution in [-0.4, -0.2) is 82.9 Å². The molecule has 0 saturated carbocycles. The number of ether oxygens (including phenoxy) is 1. The Labute approximate surface area is 181 Å². The lowest BCUT2D eigenvalue weighted by atomic mass is 10.0. The Kier molecular flexibility index (Phi) is 6.44. The van der Waals surface area contributed by atoms with Crippen LogP contribution in [0.3, 0.4) is 0 Å². The normalized spacial score (nSPS) is 18.9. The average Bonchev–Trinajstić information content (AvgIpc) is 3.20. The summed E-state index contributed by atoms with van der Waals surface area (Å²) in [5.74, 6) is -0.590. The van der Waals surface area contributed by atoms with Gasteiger partial charge in [0.25, 0.3) is 12.9 Å². The smallest absolute Gasteiger partial charge is 0.284 e. The quantitative estimate of drug-likeness (QED) is 0.632. The van der Waals surface area contributed by atoms with Crippen molar-refractivity contribution in [1.29, 1.82) is 0 Å². The Bertz CT molecular complexity index is 965. The minimum absolute atomic E-state index is 0.00795. The number of amides is 1. The summed E-state index contributed by atoms with van der Waals surface area (Å²) < 4.78 is 60.3. The largest absolute Gasteiger partial charge is 0.492 e. The molecule has 2 aliphatic heterocycles. The van der Waals surface area contributed by atoms with Gasteiger partial charge < -0.3 is 19.9 Å². The van der Waals surface area contributed by atoms with Crippen molar-refractivity contribution in [3.63, 3.8) is 0 Å². The van der Waals surface area contributed by atoms with Crippen molar-refractivity contribution < 1.29 is 27.1 Å². The zero-order valence-electron chi connectivity index (χ0n) is 17.3. The minimum atomic E-state index is -3.00. The van der Waals surface area contributed by atoms with E-state index in [9.17, 15) is 22.4 Å². The van der Waals surface area contributed by atoms with Crippen LogP contribution in [0.5, 0.6) is 5.75 Å². The van der Waals surface area contributed by atoms with Gasteiger partial charge in [-0.2, -0.15) is 5.10 Å². The Morgan fingerprint density at radius 1 is 1.22 bits per heavy atom. The number of nitrogens with one attached hydrogen (secondary N) is 1. The first kappa shape index (κ1) is 22.2. The molecular weight excluding hydrogens is 434 g/mol. The molecule has 2 aromatic rings. The third-order valence-corrected chi connectivity index (χ3v) is 5.58. The summed E-state index contributed by atoms with van der Waals surface area (Å²) in [6.45, 7) is 2.82. The maximum absolute atomic E-state index is 13.7. The van der Waals surface area contributed by atoms with E-state index in [1.165, 1.54) is 29.1 Å². The van der Waals surface area contributed by atoms with Gasteiger partial charge in [0.15, 0.2) is 11.4 Å². The van der Waals surface area contributed by atoms with E-state index in [4.69, 9.17) is 4.74 Å². The van der Waals surface area contributed by atoms with Gasteiger partial charge in [-0.1, -0.05) is 0 Å². The second kappa shape index (κ2) is 9.27. The molecule has 2 saturated heterocycles. The Morgan fingerprint density at radius 3 is 2.56 bits per heavy atom. The molecule has 13 heteroatoms. The van der Waals surface area contributed by atoms with Crippen LogP contribution in [0, 0.1) is 0 Å². The van der Waals surface area contributed by atoms with Gasteiger partial charge in [-0.3, -0.25) is 9.48 Å². The molecule has 0 radical (unpaired) electrons. The van der Waals surface area contributed by atoms with Gasteiger partial charge in [0.1, 0.15) is 12.2 Å². The highest BCUT2D eigenvalue weighted by Gasteiger charge is 2.38. The third kappa shape index (κ3) is 4.33. The standard InChI is InChI=1S/C19H23F4N7O2/c1-32-16-14(11-8-25-29(9-11)10-13(31)28-6-3-24-4-7-28)26-19(27-15(16)18(22)23)30-5-2-12(30)17(20)21/h8-9,12,17-18,24H,2-7,10H2,1H3/t12-/m1/s1. The van der Waals surface area contributed by atoms with Crippen LogP contribution in [0.2, 0.25) is 0 Å². The summed E-state index contributed by atoms with van der Waals surface area (Å²) in [5, 5.41) is 7.31. The molecule has 0 aliphatic carbocycles. The molecule has 174 valence electrons. The van der Waals surface area contributed by atoms with Crippen molar-refractivity contribution in [2.45, 2.75) is 31.9 Å². The topological polar surface area (TPSA) is 88.4 Å². The Balaban J connectivity index is 1.64. The summed E-state index contributed by atoms with van der Waals surface area (Å²) >= 11 is 0. The van der Waals surface area contributed by atoms with Gasteiger partial charge in [0, 0.05) is 44.5 Å². The number of carbonyl (C=O) groups excluding carboxylic acids is 1. The maximum atomic E-state index is 13.7. The number of methoxy groups -OCH3 is 1. The second-order valence-electron chi connectivity index (χ2n) is 7.53. The van der Waals surface area contributed by atoms with Crippen LogP contribution in [-0.2, 0) is 11.3 Å². The van der Waals surface area contributed by atoms with E-state index in [-0.39, 0.29) is 42.8 Å². The molecule has 0 bridgehead atoms. The fraction of sp³-hybridized carbons (Fsp3) is 0.579. The molecule has 0 aromatic carbocycles. The van der Waals surface area contributed by atoms with Crippen LogP contribution in [0.4, 0.5) is 23.5 Å². The van der Waals surface area contributed by atoms with Gasteiger partial charge in [-0.15, -0.1) is 0 Å². The van der Waals surface area contributed by atoms with Crippen LogP contribution in [0.1, 0.15) is 18.5 Å². The lowest BCUT2D eigenvalue weighted by Crippen LogP contribution is -2.52. The fourth-order valence-corrected chi connectivity index (χ4v) is 3.77. The van der Waals surface area contributed by atoms with E-state index < -0.39 is 24.6 Å². The van der Waals surface area contributed by atoms with Crippen molar-refractivity contribution in [3.8, 4) is 17.0 Å². The molecule has 2 aliphatic rings. The Morgan fingerprint density at radius 2 is 1.97 bits per heavy atom. The molecule has 9 nitrogen and oxygen atoms in total. The number of piperazine rings is 1. The number of hydrogen-bond donors (Lipinski definition) is 1. The number of nitrogens with zero attached hydrogens (tertiary/aromatic N) is 6. The molecule has 1 atom stereocenters. The number of carbonyl (C=O) groups is 1. The van der Waals surface area contributed by atoms with Crippen molar-refractivity contribution in [2.24, 2.45) is 0 Å². The monoisotopic (exact) mass is 457 g/mol. The molecule has 1 N–H and O–H groups in total. The Hall–Kier alpha value is -2.96. The van der Waals surface area contributed by atoms with Gasteiger partial charge in [0.2, 0.25) is 11.9 Å². The summed E-state index contributed by atoms with van der Waals surface area (Å²) in [6.07, 6.45) is -2.56. The zero-order valence-corrected chi connectivity index (χ0v) is 17.3. The maximum Gasteiger partial charge on any atom is 0.284 e. The van der Waals surface area contributed by atoms with E-state index in [2.05, 4.69) is 20.4 Å². The summed E-state index contributed by atoms with van der Waals surface area (Å²) in [4.78, 5) is 23.5. The number of halogens is 4. The summed E-state index contributed by atoms with van der Waals surface area (Å²) in [7, 11) is 1.21. The zero-order chi connectivity index (χ0) is 22.8. The molecule has 4 rings (SSSR count). The summed E-state index contributed by atoms with van der Waals surface area (Å²) in [6, 6.07) is -1.12. The first-order valence-corrected chi connectivity index (χ1v) is 10.2. The first-order valence-electron chi connectivity index (χ1n) is 10.2. The highest BCUT2D eigenvalue weighted by atomic mass is 19.3. The number of alkyl halides is 4. The van der Waals surface area contributed by atoms with Crippen LogP contribution in [0.15, 0.2) is 12.4 Å². The highest BCUT2D eigenvalue weighted by Crippen LogP contribution is 2.38. The predicted octanol–water partition coefficient (Wildman–Crippen LogP) is 1.56. The number of hydrogen-bond acceptors (Lipinski definition) is 7. The van der Waals surface area contributed by atoms with Crippen LogP contribution < -0.4 is 15.0 Å². The molecule has 1 amide bonds. The van der Waals surface area contributed by atoms with Gasteiger partial charge in [-0.05, 0) is 6.42 Å². The van der Waals surface area contributed by atoms with E-state index in [0.29, 0.717) is 31.7 Å². The lowest BCUT2D eigenvalue weighted by Gasteiger charge is -2.40. The highest BCUT2D eigenvalue weighted by molar-refractivity contribution is 5.76. The SMILES string of the molecule is COc1c(-c2cnn(CC(=O)N3CCNCC3)c2)nc(N2CC[C@@H]2C(F)F)nc1C(F)F. The van der Waals surface area contributed by atoms with Gasteiger partial charge in [-0.25, -0.2) is 27.5 Å². The van der Waals surface area contributed by atoms with E-state index in [1.54, 1.807) is 4.90 Å². The lowest BCUT2D eigenvalue weighted by molar-refractivity contribution is -0.132. The molecule has 0 unspecified atom stereocenters. The van der Waals surface area contributed by atoms with E-state index in [0.717, 1.165) is 0 Å². The molecule has 0 spiro atoms. The van der Waals surface area contributed by atoms with Gasteiger partial charge >= 0.3 is 0 Å². The van der Waals surface area contributed by atoms with E-state index >= 15 is 0 Å². The second-order valence-corrected chi connectivity index (χ2v) is 7.53. The average molecular weight is 457 g/mol. The molecular formula is C19H23F4N7O2. The fourth-order valence-electron chi connectivity index (χ4n) is 3.77. The molecule has 2 aromatic heterocycles. The number of rotatable bonds is 7. The van der Waals surface area contributed by atoms with Gasteiger partial charge in [0.05, 0.1) is 19.3 Å². The number of anilines is 1. The summed E-state index contributed by atoms with van der Waals surface area (Å²) in [5.41, 5.74) is -0.361. The van der Waals surface area contributed by atoms with Crippen molar-refractivity contribution in [2.75, 3.05) is 44.7 Å².